The van der Waals surface area contributed by atoms with Gasteiger partial charge in [0.15, 0.2) is 0 Å². The number of nitrogens with one attached hydrogen (secondary N) is 2. The van der Waals surface area contributed by atoms with Crippen LogP contribution in [-0.4, -0.2) is 23.2 Å². The molecule has 0 saturated heterocycles. The van der Waals surface area contributed by atoms with Gasteiger partial charge in [0.1, 0.15) is 0 Å². The first-order chi connectivity index (χ1) is 13.3. The van der Waals surface area contributed by atoms with E-state index < -0.39 is 0 Å². The molecule has 0 aliphatic heterocycles. The van der Waals surface area contributed by atoms with Gasteiger partial charge in [0.25, 0.3) is 0 Å². The highest BCUT2D eigenvalue weighted by atomic mass is 32.2. The van der Waals surface area contributed by atoms with Crippen LogP contribution in [0.2, 0.25) is 0 Å². The van der Waals surface area contributed by atoms with Crippen molar-refractivity contribution < 1.29 is 14.3 Å². The van der Waals surface area contributed by atoms with Gasteiger partial charge in [-0.25, -0.2) is 0 Å². The van der Waals surface area contributed by atoms with Crippen molar-refractivity contribution in [3.05, 3.63) is 59.7 Å². The number of hydrogen-bond acceptors (Lipinski definition) is 4. The van der Waals surface area contributed by atoms with Crippen LogP contribution in [0.15, 0.2) is 53.4 Å². The molecule has 1 unspecified atom stereocenters. The fourth-order valence-corrected chi connectivity index (χ4v) is 3.42. The third kappa shape index (κ3) is 7.37. The molecule has 1 atom stereocenters. The molecule has 2 amide bonds. The molecule has 2 aromatic rings. The second-order valence-electron chi connectivity index (χ2n) is 6.81. The van der Waals surface area contributed by atoms with Gasteiger partial charge in [-0.2, -0.15) is 0 Å². The van der Waals surface area contributed by atoms with Gasteiger partial charge in [0.2, 0.25) is 11.8 Å². The van der Waals surface area contributed by atoms with E-state index in [0.29, 0.717) is 13.2 Å². The van der Waals surface area contributed by atoms with Gasteiger partial charge in [-0.1, -0.05) is 24.3 Å². The maximum atomic E-state index is 12.5. The molecule has 2 rings (SSSR count). The highest BCUT2D eigenvalue weighted by molar-refractivity contribution is 8.00. The zero-order valence-electron chi connectivity index (χ0n) is 16.8. The van der Waals surface area contributed by atoms with Gasteiger partial charge in [-0.05, 0) is 56.2 Å². The molecule has 0 heterocycles. The topological polar surface area (TPSA) is 67.4 Å². The molecule has 2 aromatic carbocycles. The minimum atomic E-state index is -0.231. The first-order valence-electron chi connectivity index (χ1n) is 9.35. The molecule has 0 aliphatic rings. The summed E-state index contributed by atoms with van der Waals surface area (Å²) < 4.78 is 5.69. The Morgan fingerprint density at radius 1 is 1.00 bits per heavy atom. The molecule has 0 spiro atoms. The molecule has 150 valence electrons. The average Bonchev–Trinajstić information content (AvgIpc) is 2.66. The van der Waals surface area contributed by atoms with E-state index in [1.807, 2.05) is 69.3 Å². The molecule has 6 heteroatoms. The lowest BCUT2D eigenvalue weighted by Crippen LogP contribution is -2.30. The van der Waals surface area contributed by atoms with E-state index in [4.69, 9.17) is 4.74 Å². The quantitative estimate of drug-likeness (QED) is 0.614. The summed E-state index contributed by atoms with van der Waals surface area (Å²) in [6, 6.07) is 15.5. The molecule has 0 radical (unpaired) electrons. The molecular weight excluding hydrogens is 372 g/mol. The number of benzene rings is 2. The van der Waals surface area contributed by atoms with Crippen LogP contribution in [0.1, 0.15) is 38.8 Å². The Morgan fingerprint density at radius 3 is 2.25 bits per heavy atom. The Morgan fingerprint density at radius 2 is 1.64 bits per heavy atom. The van der Waals surface area contributed by atoms with Gasteiger partial charge in [-0.3, -0.25) is 9.59 Å². The summed E-state index contributed by atoms with van der Waals surface area (Å²) in [5.41, 5.74) is 2.90. The molecule has 0 aromatic heterocycles. The third-order valence-electron chi connectivity index (χ3n) is 4.00. The Kier molecular flexibility index (Phi) is 8.54. The summed E-state index contributed by atoms with van der Waals surface area (Å²) in [5.74, 6) is -0.122. The molecular formula is C22H28N2O3S. The zero-order chi connectivity index (χ0) is 20.5. The summed E-state index contributed by atoms with van der Waals surface area (Å²) in [4.78, 5) is 24.5. The van der Waals surface area contributed by atoms with Gasteiger partial charge in [0.05, 0.1) is 18.0 Å². The van der Waals surface area contributed by atoms with Crippen molar-refractivity contribution in [1.82, 2.24) is 5.32 Å². The molecule has 28 heavy (non-hydrogen) atoms. The van der Waals surface area contributed by atoms with E-state index in [1.165, 1.54) is 18.7 Å². The number of carbonyl (C=O) groups is 2. The zero-order valence-corrected chi connectivity index (χ0v) is 17.6. The fourth-order valence-electron chi connectivity index (χ4n) is 2.53. The lowest BCUT2D eigenvalue weighted by Gasteiger charge is -2.15. The monoisotopic (exact) mass is 400 g/mol. The highest BCUT2D eigenvalue weighted by Gasteiger charge is 2.15. The minimum absolute atomic E-state index is 0.0180. The number of carbonyl (C=O) groups excluding carboxylic acids is 2. The van der Waals surface area contributed by atoms with E-state index in [-0.39, 0.29) is 23.2 Å². The molecule has 5 nitrogen and oxygen atoms in total. The Hall–Kier alpha value is -2.31. The van der Waals surface area contributed by atoms with Crippen molar-refractivity contribution >= 4 is 29.3 Å². The van der Waals surface area contributed by atoms with Crippen LogP contribution in [0, 0.1) is 0 Å². The molecule has 0 aliphatic carbocycles. The van der Waals surface area contributed by atoms with Crippen LogP contribution in [0.4, 0.5) is 5.69 Å². The van der Waals surface area contributed by atoms with E-state index >= 15 is 0 Å². The number of amides is 2. The number of anilines is 1. The highest BCUT2D eigenvalue weighted by Crippen LogP contribution is 2.25. The molecule has 2 N–H and O–H groups in total. The predicted molar refractivity (Wildman–Crippen MR) is 114 cm³/mol. The van der Waals surface area contributed by atoms with Gasteiger partial charge in [-0.15, -0.1) is 11.8 Å². The van der Waals surface area contributed by atoms with Crippen LogP contribution < -0.4 is 10.6 Å². The maximum Gasteiger partial charge on any atom is 0.233 e. The Labute approximate surface area is 171 Å². The standard InChI is InChI=1S/C22H28N2O3S/c1-15(2)27-14-19-8-6-5-7-18(19)13-23-22(26)16(3)28-21-11-9-20(10-12-21)24-17(4)25/h5-12,15-16H,13-14H2,1-4H3,(H,23,26)(H,24,25). The van der Waals surface area contributed by atoms with Crippen molar-refractivity contribution in [3.63, 3.8) is 0 Å². The van der Waals surface area contributed by atoms with Crippen molar-refractivity contribution in [2.45, 2.75) is 57.1 Å². The second kappa shape index (κ2) is 10.9. The lowest BCUT2D eigenvalue weighted by molar-refractivity contribution is -0.120. The fraction of sp³-hybridized carbons (Fsp3) is 0.364. The predicted octanol–water partition coefficient (Wildman–Crippen LogP) is 4.37. The van der Waals surface area contributed by atoms with E-state index in [9.17, 15) is 9.59 Å². The van der Waals surface area contributed by atoms with Crippen molar-refractivity contribution in [2.75, 3.05) is 5.32 Å². The molecule has 0 fully saturated rings. The summed E-state index contributed by atoms with van der Waals surface area (Å²) in [6.07, 6.45) is 0.163. The lowest BCUT2D eigenvalue weighted by atomic mass is 10.1. The van der Waals surface area contributed by atoms with E-state index in [1.54, 1.807) is 0 Å². The summed E-state index contributed by atoms with van der Waals surface area (Å²) in [6.45, 7) is 8.38. The van der Waals surface area contributed by atoms with Gasteiger partial charge >= 0.3 is 0 Å². The normalized spacial score (nSPS) is 11.9. The number of thioether (sulfide) groups is 1. The van der Waals surface area contributed by atoms with Crippen molar-refractivity contribution in [1.29, 1.82) is 0 Å². The number of rotatable bonds is 9. The Bertz CT molecular complexity index is 791. The first-order valence-corrected chi connectivity index (χ1v) is 10.2. The minimum Gasteiger partial charge on any atom is -0.374 e. The summed E-state index contributed by atoms with van der Waals surface area (Å²) in [5, 5.41) is 5.51. The molecule has 0 bridgehead atoms. The number of ether oxygens (including phenoxy) is 1. The average molecular weight is 401 g/mol. The van der Waals surface area contributed by atoms with Crippen molar-refractivity contribution in [2.24, 2.45) is 0 Å². The second-order valence-corrected chi connectivity index (χ2v) is 8.23. The Balaban J connectivity index is 1.88. The van der Waals surface area contributed by atoms with Crippen LogP contribution in [0.3, 0.4) is 0 Å². The van der Waals surface area contributed by atoms with E-state index in [0.717, 1.165) is 21.7 Å². The molecule has 0 saturated carbocycles. The van der Waals surface area contributed by atoms with E-state index in [2.05, 4.69) is 10.6 Å². The SMILES string of the molecule is CC(=O)Nc1ccc(SC(C)C(=O)NCc2ccccc2COC(C)C)cc1. The smallest absolute Gasteiger partial charge is 0.233 e. The van der Waals surface area contributed by atoms with Gasteiger partial charge in [0, 0.05) is 24.1 Å². The first kappa shape index (κ1) is 22.0. The van der Waals surface area contributed by atoms with Crippen LogP contribution in [0.25, 0.3) is 0 Å². The van der Waals surface area contributed by atoms with Crippen LogP contribution in [-0.2, 0) is 27.5 Å². The van der Waals surface area contributed by atoms with Crippen LogP contribution >= 0.6 is 11.8 Å². The van der Waals surface area contributed by atoms with Crippen LogP contribution in [0.5, 0.6) is 0 Å². The third-order valence-corrected chi connectivity index (χ3v) is 5.11. The van der Waals surface area contributed by atoms with Crippen molar-refractivity contribution in [3.8, 4) is 0 Å². The van der Waals surface area contributed by atoms with Gasteiger partial charge < -0.3 is 15.4 Å². The number of hydrogen-bond donors (Lipinski definition) is 2. The maximum absolute atomic E-state index is 12.5. The summed E-state index contributed by atoms with van der Waals surface area (Å²) in [7, 11) is 0. The summed E-state index contributed by atoms with van der Waals surface area (Å²) >= 11 is 1.48. The largest absolute Gasteiger partial charge is 0.374 e.